The molecule has 0 spiro atoms. The molecule has 3 heteroatoms. The van der Waals surface area contributed by atoms with Crippen LogP contribution in [0.25, 0.3) is 0 Å². The van der Waals surface area contributed by atoms with Crippen LogP contribution in [0.3, 0.4) is 0 Å². The third kappa shape index (κ3) is 60.2. The van der Waals surface area contributed by atoms with E-state index in [1.807, 2.05) is 0 Å². The molecule has 0 fully saturated rings. The van der Waals surface area contributed by atoms with E-state index < -0.39 is 0 Å². The van der Waals surface area contributed by atoms with Crippen molar-refractivity contribution in [1.82, 2.24) is 0 Å². The van der Waals surface area contributed by atoms with E-state index in [9.17, 15) is 0 Å². The van der Waals surface area contributed by atoms with Gasteiger partial charge in [0, 0.05) is 6.10 Å². The van der Waals surface area contributed by atoms with Crippen LogP contribution in [0.5, 0.6) is 0 Å². The van der Waals surface area contributed by atoms with Crippen molar-refractivity contribution in [3.63, 3.8) is 0 Å². The third-order valence-electron chi connectivity index (χ3n) is 0. The first kappa shape index (κ1) is 15.7. The minimum absolute atomic E-state index is 0. The predicted molar refractivity (Wildman–Crippen MR) is 35.3 cm³/mol. The zero-order valence-electron chi connectivity index (χ0n) is 5.73. The Bertz CT molecular complexity index is 22.0. The van der Waals surface area contributed by atoms with E-state index in [2.05, 4.69) is 0 Å². The molecule has 0 aliphatic heterocycles. The zero-order chi connectivity index (χ0) is 3.58. The molecule has 1 nitrogen and oxygen atoms in total. The van der Waals surface area contributed by atoms with Crippen LogP contribution >= 0.6 is 0 Å². The van der Waals surface area contributed by atoms with Gasteiger partial charge in [-0.15, -0.1) is 0 Å². The number of hydrogen-bond donors (Lipinski definition) is 1. The van der Waals surface area contributed by atoms with Crippen LogP contribution in [-0.4, -0.2) is 51.6 Å². The Morgan fingerprint density at radius 3 is 1.50 bits per heavy atom. The van der Waals surface area contributed by atoms with Gasteiger partial charge in [-0.2, -0.15) is 0 Å². The second kappa shape index (κ2) is 9.54. The first-order valence-electron chi connectivity index (χ1n) is 1.41. The molecule has 0 amide bonds. The Labute approximate surface area is 68.4 Å². The molecule has 0 unspecified atom stereocenters. The van der Waals surface area contributed by atoms with E-state index in [-0.39, 0.29) is 49.4 Å². The summed E-state index contributed by atoms with van der Waals surface area (Å²) in [5, 5.41) is 8.06. The van der Waals surface area contributed by atoms with Gasteiger partial charge in [-0.25, -0.2) is 0 Å². The van der Waals surface area contributed by atoms with Crippen LogP contribution in [-0.2, 0) is 0 Å². The van der Waals surface area contributed by atoms with Crippen molar-refractivity contribution in [2.24, 2.45) is 0 Å². The summed E-state index contributed by atoms with van der Waals surface area (Å²) >= 11 is 0. The van der Waals surface area contributed by atoms with Crippen molar-refractivity contribution in [3.8, 4) is 0 Å². The number of hydrogen-bond acceptors (Lipinski definition) is 1. The molecule has 0 radical (unpaired) electrons. The molecule has 0 bridgehead atoms. The Balaban J connectivity index is -0.00000000750. The fourth-order valence-corrected chi connectivity index (χ4v) is 0. The number of aliphatic hydroxyl groups is 1. The van der Waals surface area contributed by atoms with Gasteiger partial charge in [-0.05, 0) is 13.8 Å². The van der Waals surface area contributed by atoms with Crippen LogP contribution in [0.1, 0.15) is 16.7 Å². The van der Waals surface area contributed by atoms with Crippen molar-refractivity contribution in [1.29, 1.82) is 0 Å². The molecule has 0 aliphatic rings. The normalized spacial score (nSPS) is 6.00. The molecule has 0 saturated heterocycles. The van der Waals surface area contributed by atoms with Gasteiger partial charge in [0.15, 0.2) is 17.4 Å². The first-order chi connectivity index (χ1) is 1.73. The van der Waals surface area contributed by atoms with E-state index in [1.54, 1.807) is 13.8 Å². The van der Waals surface area contributed by atoms with Gasteiger partial charge in [0.05, 0.1) is 0 Å². The van der Waals surface area contributed by atoms with Gasteiger partial charge < -0.3 is 7.96 Å². The first-order valence-corrected chi connectivity index (χ1v) is 1.41. The molecule has 1 N–H and O–H groups in total. The van der Waals surface area contributed by atoms with Crippen LogP contribution in [0.4, 0.5) is 0 Å². The summed E-state index contributed by atoms with van der Waals surface area (Å²) in [7, 11) is 0. The quantitative estimate of drug-likeness (QED) is 0.405. The van der Waals surface area contributed by atoms with Gasteiger partial charge in [-0.3, -0.25) is 0 Å². The van der Waals surface area contributed by atoms with Crippen molar-refractivity contribution in [3.05, 3.63) is 0 Å². The van der Waals surface area contributed by atoms with Crippen LogP contribution in [0.15, 0.2) is 0 Å². The third-order valence-corrected chi connectivity index (χ3v) is 0. The Morgan fingerprint density at radius 2 is 1.50 bits per heavy atom. The summed E-state index contributed by atoms with van der Waals surface area (Å²) in [6.07, 6.45) is -0.167. The van der Waals surface area contributed by atoms with Crippen LogP contribution < -0.4 is 0 Å². The van der Waals surface area contributed by atoms with E-state index in [0.717, 1.165) is 0 Å². The Kier molecular flexibility index (Phi) is 24.9. The van der Waals surface area contributed by atoms with Gasteiger partial charge >= 0.3 is 23.1 Å². The molecule has 0 aromatic rings. The standard InChI is InChI=1S/C3H8O.Al.Mg.5H/c1-3(2)4;;;;;;;/h3-4H,1-2H3;;;;;;;/q;;+2;;;;2*-1. The molecule has 0 aromatic heterocycles. The van der Waals surface area contributed by atoms with E-state index >= 15 is 0 Å². The average molecular weight is 116 g/mol. The molecule has 0 aliphatic carbocycles. The fraction of sp³-hybridized carbons (Fsp3) is 1.00. The predicted octanol–water partition coefficient (Wildman–Crippen LogP) is -0.953. The number of aliphatic hydroxyl groups excluding tert-OH is 1. The van der Waals surface area contributed by atoms with Crippen molar-refractivity contribution in [2.75, 3.05) is 0 Å². The molecule has 0 saturated carbocycles. The van der Waals surface area contributed by atoms with Crippen LogP contribution in [0, 0.1) is 0 Å². The Hall–Kier alpha value is 1.26. The monoisotopic (exact) mass is 116 g/mol. The molecule has 6 heavy (non-hydrogen) atoms. The van der Waals surface area contributed by atoms with Crippen molar-refractivity contribution in [2.45, 2.75) is 20.0 Å². The number of rotatable bonds is 0. The van der Waals surface area contributed by atoms with Gasteiger partial charge in [0.2, 0.25) is 0 Å². The molecule has 0 rings (SSSR count). The average Bonchev–Trinajstić information content (AvgIpc) is 0.811. The fourth-order valence-electron chi connectivity index (χ4n) is 0. The smallest absolute Gasteiger partial charge is 1.00 e. The topological polar surface area (TPSA) is 20.2 Å². The molecule has 0 aromatic carbocycles. The van der Waals surface area contributed by atoms with Crippen molar-refractivity contribution < 1.29 is 7.96 Å². The molecule has 0 heterocycles. The van der Waals surface area contributed by atoms with Crippen LogP contribution in [0.2, 0.25) is 0 Å². The summed E-state index contributed by atoms with van der Waals surface area (Å²) in [6, 6.07) is 0. The largest absolute Gasteiger partial charge is 2.00 e. The van der Waals surface area contributed by atoms with E-state index in [1.165, 1.54) is 0 Å². The minimum Gasteiger partial charge on any atom is -1.00 e. The van der Waals surface area contributed by atoms with E-state index in [0.29, 0.717) is 0 Å². The Morgan fingerprint density at radius 1 is 1.50 bits per heavy atom. The zero-order valence-corrected chi connectivity index (χ0v) is 5.15. The summed E-state index contributed by atoms with van der Waals surface area (Å²) < 4.78 is 0. The summed E-state index contributed by atoms with van der Waals surface area (Å²) in [5.74, 6) is 0. The minimum atomic E-state index is -0.167. The summed E-state index contributed by atoms with van der Waals surface area (Å²) in [5.41, 5.74) is 0. The van der Waals surface area contributed by atoms with Crippen molar-refractivity contribution >= 4 is 40.4 Å². The SMILES string of the molecule is CC(C)O.[AlH3].[H-].[H-].[Mg+2]. The molecular weight excluding hydrogens is 103 g/mol. The molecule has 36 valence electrons. The maximum Gasteiger partial charge on any atom is 2.00 e. The van der Waals surface area contributed by atoms with Gasteiger partial charge in [-0.1, -0.05) is 0 Å². The second-order valence-corrected chi connectivity index (χ2v) is 1.09. The second-order valence-electron chi connectivity index (χ2n) is 1.09. The summed E-state index contributed by atoms with van der Waals surface area (Å²) in [6.45, 7) is 3.44. The summed E-state index contributed by atoms with van der Waals surface area (Å²) in [4.78, 5) is 0. The van der Waals surface area contributed by atoms with Gasteiger partial charge in [0.25, 0.3) is 0 Å². The maximum absolute atomic E-state index is 8.06. The maximum atomic E-state index is 8.06. The van der Waals surface area contributed by atoms with Gasteiger partial charge in [0.1, 0.15) is 0 Å². The molecule has 0 atom stereocenters. The molecular formula is C3H13AlMgO. The van der Waals surface area contributed by atoms with E-state index in [4.69, 9.17) is 5.11 Å².